The molecule has 3 nitrogen and oxygen atoms in total. The van der Waals surface area contributed by atoms with Gasteiger partial charge < -0.3 is 14.0 Å². The third-order valence-electron chi connectivity index (χ3n) is 3.22. The number of aromatic nitrogens is 2. The number of aromatic amines is 1. The highest BCUT2D eigenvalue weighted by Gasteiger charge is 2.14. The van der Waals surface area contributed by atoms with Crippen LogP contribution in [0.4, 0.5) is 0 Å². The lowest BCUT2D eigenvalue weighted by molar-refractivity contribution is 0.452. The zero-order valence-electron chi connectivity index (χ0n) is 10.4. The molecule has 2 aromatic heterocycles. The van der Waals surface area contributed by atoms with E-state index in [9.17, 15) is 0 Å². The van der Waals surface area contributed by atoms with Crippen molar-refractivity contribution in [3.05, 3.63) is 52.1 Å². The molecule has 0 radical (unpaired) electrons. The van der Waals surface area contributed by atoms with E-state index in [1.54, 1.807) is 6.26 Å². The highest BCUT2D eigenvalue weighted by molar-refractivity contribution is 7.71. The average Bonchev–Trinajstić information content (AvgIpc) is 2.96. The number of rotatable bonds is 3. The number of nitrogens with zero attached hydrogens (tertiary/aromatic N) is 1. The Hall–Kier alpha value is -1.52. The van der Waals surface area contributed by atoms with Crippen LogP contribution in [-0.4, -0.2) is 9.55 Å². The van der Waals surface area contributed by atoms with Crippen LogP contribution in [-0.2, 0) is 6.42 Å². The molecule has 0 aliphatic rings. The predicted molar refractivity (Wildman–Crippen MR) is 79.3 cm³/mol. The maximum atomic E-state index is 6.18. The molecule has 3 rings (SSSR count). The van der Waals surface area contributed by atoms with Crippen molar-refractivity contribution < 1.29 is 4.42 Å². The van der Waals surface area contributed by atoms with Crippen molar-refractivity contribution in [2.75, 3.05) is 0 Å². The summed E-state index contributed by atoms with van der Waals surface area (Å²) in [4.78, 5) is 3.17. The van der Waals surface area contributed by atoms with E-state index in [0.29, 0.717) is 9.79 Å². The summed E-state index contributed by atoms with van der Waals surface area (Å²) in [7, 11) is 0. The van der Waals surface area contributed by atoms with Gasteiger partial charge in [-0.05, 0) is 43.4 Å². The fourth-order valence-corrected chi connectivity index (χ4v) is 2.96. The number of hydrogen-bond donors (Lipinski definition) is 1. The molecular weight excluding hydrogens is 280 g/mol. The molecular formula is C14H13ClN2OS. The number of imidazole rings is 1. The first-order valence-corrected chi connectivity index (χ1v) is 6.86. The summed E-state index contributed by atoms with van der Waals surface area (Å²) in [6.45, 7) is 2.12. The van der Waals surface area contributed by atoms with Crippen molar-refractivity contribution in [1.82, 2.24) is 9.55 Å². The summed E-state index contributed by atoms with van der Waals surface area (Å²) < 4.78 is 8.16. The smallest absolute Gasteiger partial charge is 0.178 e. The van der Waals surface area contributed by atoms with Crippen LogP contribution in [0.2, 0.25) is 5.02 Å². The molecule has 0 spiro atoms. The molecule has 1 atom stereocenters. The van der Waals surface area contributed by atoms with Gasteiger partial charge in [-0.3, -0.25) is 0 Å². The molecule has 1 unspecified atom stereocenters. The number of benzene rings is 1. The van der Waals surface area contributed by atoms with Crippen molar-refractivity contribution in [1.29, 1.82) is 0 Å². The van der Waals surface area contributed by atoms with Crippen LogP contribution in [0.25, 0.3) is 11.0 Å². The summed E-state index contributed by atoms with van der Waals surface area (Å²) in [5, 5.41) is 0.688. The average molecular weight is 293 g/mol. The number of furan rings is 1. The molecule has 19 heavy (non-hydrogen) atoms. The molecule has 0 aliphatic carbocycles. The zero-order chi connectivity index (χ0) is 13.4. The van der Waals surface area contributed by atoms with E-state index in [1.807, 2.05) is 30.3 Å². The lowest BCUT2D eigenvalue weighted by Crippen LogP contribution is -2.07. The molecule has 3 aromatic rings. The SMILES string of the molecule is CC(Cc1ccco1)n1c(=S)[nH]c2c(Cl)cccc21. The molecule has 1 aromatic carbocycles. The largest absolute Gasteiger partial charge is 0.469 e. The number of H-pyrrole nitrogens is 1. The molecule has 98 valence electrons. The van der Waals surface area contributed by atoms with E-state index in [4.69, 9.17) is 28.2 Å². The number of nitrogens with one attached hydrogen (secondary N) is 1. The Morgan fingerprint density at radius 2 is 2.21 bits per heavy atom. The van der Waals surface area contributed by atoms with Crippen molar-refractivity contribution in [3.63, 3.8) is 0 Å². The van der Waals surface area contributed by atoms with Gasteiger partial charge in [0.2, 0.25) is 0 Å². The second-order valence-corrected chi connectivity index (χ2v) is 5.36. The van der Waals surface area contributed by atoms with Gasteiger partial charge in [-0.15, -0.1) is 0 Å². The number of halogens is 1. The first-order chi connectivity index (χ1) is 9.16. The molecule has 2 heterocycles. The minimum absolute atomic E-state index is 0.200. The van der Waals surface area contributed by atoms with Crippen LogP contribution in [0.15, 0.2) is 41.0 Å². The van der Waals surface area contributed by atoms with Gasteiger partial charge in [0.25, 0.3) is 0 Å². The van der Waals surface area contributed by atoms with Gasteiger partial charge in [0, 0.05) is 12.5 Å². The monoisotopic (exact) mass is 292 g/mol. The summed E-state index contributed by atoms with van der Waals surface area (Å²) in [5.41, 5.74) is 1.91. The van der Waals surface area contributed by atoms with Gasteiger partial charge in [-0.1, -0.05) is 17.7 Å². The highest BCUT2D eigenvalue weighted by atomic mass is 35.5. The van der Waals surface area contributed by atoms with E-state index in [0.717, 1.165) is 23.2 Å². The molecule has 5 heteroatoms. The Labute approximate surface area is 120 Å². The van der Waals surface area contributed by atoms with Gasteiger partial charge in [0.1, 0.15) is 5.76 Å². The Morgan fingerprint density at radius 1 is 1.37 bits per heavy atom. The fraction of sp³-hybridized carbons (Fsp3) is 0.214. The van der Waals surface area contributed by atoms with Crippen molar-refractivity contribution >= 4 is 34.9 Å². The van der Waals surface area contributed by atoms with Crippen molar-refractivity contribution in [3.8, 4) is 0 Å². The minimum Gasteiger partial charge on any atom is -0.469 e. The standard InChI is InChI=1S/C14H13ClN2OS/c1-9(8-10-4-3-7-18-10)17-12-6-2-5-11(15)13(12)16-14(17)19/h2-7,9H,8H2,1H3,(H,16,19). The van der Waals surface area contributed by atoms with Gasteiger partial charge in [-0.25, -0.2) is 0 Å². The number of fused-ring (bicyclic) bond motifs is 1. The topological polar surface area (TPSA) is 33.9 Å². The summed E-state index contributed by atoms with van der Waals surface area (Å²) in [6.07, 6.45) is 2.48. The van der Waals surface area contributed by atoms with Crippen molar-refractivity contribution in [2.45, 2.75) is 19.4 Å². The summed E-state index contributed by atoms with van der Waals surface area (Å²) >= 11 is 11.6. The van der Waals surface area contributed by atoms with E-state index >= 15 is 0 Å². The second-order valence-electron chi connectivity index (χ2n) is 4.57. The third-order valence-corrected chi connectivity index (χ3v) is 3.83. The molecule has 0 amide bonds. The number of hydrogen-bond acceptors (Lipinski definition) is 2. The Morgan fingerprint density at radius 3 is 2.95 bits per heavy atom. The van der Waals surface area contributed by atoms with Crippen LogP contribution in [0.3, 0.4) is 0 Å². The minimum atomic E-state index is 0.200. The third kappa shape index (κ3) is 2.22. The van der Waals surface area contributed by atoms with Crippen molar-refractivity contribution in [2.24, 2.45) is 0 Å². The summed E-state index contributed by atoms with van der Waals surface area (Å²) in [5.74, 6) is 0.950. The van der Waals surface area contributed by atoms with Crippen LogP contribution in [0.1, 0.15) is 18.7 Å². The zero-order valence-corrected chi connectivity index (χ0v) is 12.0. The van der Waals surface area contributed by atoms with E-state index in [2.05, 4.69) is 16.5 Å². The van der Waals surface area contributed by atoms with Gasteiger partial charge in [0.15, 0.2) is 4.77 Å². The Balaban J connectivity index is 2.07. The Kier molecular flexibility index (Phi) is 3.21. The highest BCUT2D eigenvalue weighted by Crippen LogP contribution is 2.26. The molecule has 0 saturated heterocycles. The van der Waals surface area contributed by atoms with E-state index in [-0.39, 0.29) is 6.04 Å². The first kappa shape index (κ1) is 12.5. The van der Waals surface area contributed by atoms with Crippen LogP contribution in [0.5, 0.6) is 0 Å². The predicted octanol–water partition coefficient (Wildman–Crippen LogP) is 4.75. The molecule has 0 aliphatic heterocycles. The van der Waals surface area contributed by atoms with Crippen LogP contribution < -0.4 is 0 Å². The van der Waals surface area contributed by atoms with Crippen LogP contribution >= 0.6 is 23.8 Å². The molecule has 1 N–H and O–H groups in total. The van der Waals surface area contributed by atoms with Gasteiger partial charge >= 0.3 is 0 Å². The fourth-order valence-electron chi connectivity index (χ4n) is 2.36. The quantitative estimate of drug-likeness (QED) is 0.707. The first-order valence-electron chi connectivity index (χ1n) is 6.08. The normalized spacial score (nSPS) is 12.9. The second kappa shape index (κ2) is 4.87. The van der Waals surface area contributed by atoms with Gasteiger partial charge in [-0.2, -0.15) is 0 Å². The molecule has 0 fully saturated rings. The lowest BCUT2D eigenvalue weighted by Gasteiger charge is -2.13. The maximum absolute atomic E-state index is 6.18. The van der Waals surface area contributed by atoms with Gasteiger partial charge in [0.05, 0.1) is 22.3 Å². The Bertz CT molecular complexity index is 757. The maximum Gasteiger partial charge on any atom is 0.178 e. The van der Waals surface area contributed by atoms with Crippen LogP contribution in [0, 0.1) is 4.77 Å². The summed E-state index contributed by atoms with van der Waals surface area (Å²) in [6, 6.07) is 9.88. The number of para-hydroxylation sites is 1. The molecule has 0 saturated carbocycles. The van der Waals surface area contributed by atoms with E-state index < -0.39 is 0 Å². The molecule has 0 bridgehead atoms. The lowest BCUT2D eigenvalue weighted by atomic mass is 10.2. The van der Waals surface area contributed by atoms with E-state index in [1.165, 1.54) is 0 Å².